The topological polar surface area (TPSA) is 77.1 Å². The van der Waals surface area contributed by atoms with E-state index in [2.05, 4.69) is 5.32 Å². The molecule has 3 rings (SSSR count). The third-order valence-electron chi connectivity index (χ3n) is 5.23. The number of benzene rings is 2. The molecule has 0 radical (unpaired) electrons. The second-order valence-corrected chi connectivity index (χ2v) is 7.42. The highest BCUT2D eigenvalue weighted by Crippen LogP contribution is 2.25. The highest BCUT2D eigenvalue weighted by molar-refractivity contribution is 5.79. The lowest BCUT2D eigenvalue weighted by molar-refractivity contribution is -0.131. The first-order valence-corrected chi connectivity index (χ1v) is 10.6. The van der Waals surface area contributed by atoms with Gasteiger partial charge < -0.3 is 24.4 Å². The molecule has 0 aliphatic carbocycles. The molecule has 0 saturated carbocycles. The molecule has 7 nitrogen and oxygen atoms in total. The second-order valence-electron chi connectivity index (χ2n) is 7.42. The number of piperidine rings is 1. The Kier molecular flexibility index (Phi) is 8.15. The van der Waals surface area contributed by atoms with Crippen LogP contribution in [0.15, 0.2) is 48.5 Å². The Morgan fingerprint density at radius 1 is 1.00 bits per heavy atom. The van der Waals surface area contributed by atoms with Gasteiger partial charge in [-0.25, -0.2) is 0 Å². The van der Waals surface area contributed by atoms with E-state index in [0.717, 1.165) is 24.2 Å². The summed E-state index contributed by atoms with van der Waals surface area (Å²) in [6, 6.07) is 14.9. The van der Waals surface area contributed by atoms with Crippen molar-refractivity contribution >= 4 is 11.8 Å². The number of nitrogens with one attached hydrogen (secondary N) is 1. The first-order chi connectivity index (χ1) is 15.1. The van der Waals surface area contributed by atoms with Crippen LogP contribution in [0.5, 0.6) is 17.2 Å². The molecule has 7 heteroatoms. The normalized spacial score (nSPS) is 14.1. The summed E-state index contributed by atoms with van der Waals surface area (Å²) in [5, 5.41) is 3.00. The van der Waals surface area contributed by atoms with Gasteiger partial charge in [0.1, 0.15) is 5.75 Å². The van der Waals surface area contributed by atoms with Crippen LogP contribution in [0.2, 0.25) is 0 Å². The molecule has 0 aromatic heterocycles. The molecule has 1 aliphatic heterocycles. The Hall–Kier alpha value is -3.22. The lowest BCUT2D eigenvalue weighted by Gasteiger charge is -2.32. The Morgan fingerprint density at radius 2 is 1.68 bits per heavy atom. The number of hydrogen-bond donors (Lipinski definition) is 1. The Morgan fingerprint density at radius 3 is 2.32 bits per heavy atom. The van der Waals surface area contributed by atoms with Gasteiger partial charge in [0.15, 0.2) is 18.1 Å². The van der Waals surface area contributed by atoms with E-state index in [1.165, 1.54) is 0 Å². The van der Waals surface area contributed by atoms with E-state index in [0.29, 0.717) is 37.6 Å². The van der Waals surface area contributed by atoms with Crippen LogP contribution in [0.1, 0.15) is 25.3 Å². The van der Waals surface area contributed by atoms with Crippen molar-refractivity contribution in [3.63, 3.8) is 0 Å². The van der Waals surface area contributed by atoms with Crippen molar-refractivity contribution in [3.8, 4) is 17.2 Å². The van der Waals surface area contributed by atoms with Crippen molar-refractivity contribution in [3.05, 3.63) is 54.1 Å². The van der Waals surface area contributed by atoms with Gasteiger partial charge in [-0.3, -0.25) is 9.59 Å². The largest absolute Gasteiger partial charge is 0.494 e. The van der Waals surface area contributed by atoms with E-state index in [1.807, 2.05) is 48.2 Å². The van der Waals surface area contributed by atoms with Gasteiger partial charge in [0, 0.05) is 19.1 Å². The molecule has 1 fully saturated rings. The van der Waals surface area contributed by atoms with Gasteiger partial charge in [0.25, 0.3) is 5.91 Å². The molecule has 2 aromatic rings. The van der Waals surface area contributed by atoms with Crippen LogP contribution < -0.4 is 19.5 Å². The highest BCUT2D eigenvalue weighted by atomic mass is 16.5. The van der Waals surface area contributed by atoms with E-state index in [4.69, 9.17) is 14.2 Å². The SMILES string of the molecule is CCOc1ccc(CC(=O)N2CCC(NC(=O)COc3ccccc3OC)CC2)cc1. The summed E-state index contributed by atoms with van der Waals surface area (Å²) in [6.45, 7) is 3.76. The third kappa shape index (κ3) is 6.64. The first kappa shape index (κ1) is 22.5. The van der Waals surface area contributed by atoms with Gasteiger partial charge >= 0.3 is 0 Å². The number of hydrogen-bond acceptors (Lipinski definition) is 5. The summed E-state index contributed by atoms with van der Waals surface area (Å²) in [7, 11) is 1.56. The van der Waals surface area contributed by atoms with E-state index >= 15 is 0 Å². The minimum absolute atomic E-state index is 0.0447. The summed E-state index contributed by atoms with van der Waals surface area (Å²) in [4.78, 5) is 26.7. The van der Waals surface area contributed by atoms with Crippen molar-refractivity contribution in [1.29, 1.82) is 0 Å². The highest BCUT2D eigenvalue weighted by Gasteiger charge is 2.24. The minimum atomic E-state index is -0.176. The average Bonchev–Trinajstić information content (AvgIpc) is 2.80. The molecule has 0 unspecified atom stereocenters. The summed E-state index contributed by atoms with van der Waals surface area (Å²) in [5.41, 5.74) is 0.970. The van der Waals surface area contributed by atoms with E-state index < -0.39 is 0 Å². The van der Waals surface area contributed by atoms with Crippen LogP contribution in [0.3, 0.4) is 0 Å². The molecule has 1 heterocycles. The smallest absolute Gasteiger partial charge is 0.258 e. The molecule has 0 atom stereocenters. The van der Waals surface area contributed by atoms with Gasteiger partial charge in [-0.2, -0.15) is 0 Å². The Labute approximate surface area is 183 Å². The maximum absolute atomic E-state index is 12.6. The first-order valence-electron chi connectivity index (χ1n) is 10.6. The summed E-state index contributed by atoms with van der Waals surface area (Å²) < 4.78 is 16.2. The number of carbonyl (C=O) groups excluding carboxylic acids is 2. The van der Waals surface area contributed by atoms with Crippen LogP contribution in [-0.4, -0.2) is 56.2 Å². The van der Waals surface area contributed by atoms with Gasteiger partial charge in [0.2, 0.25) is 5.91 Å². The Balaban J connectivity index is 1.39. The van der Waals surface area contributed by atoms with E-state index in [1.54, 1.807) is 19.2 Å². The summed E-state index contributed by atoms with van der Waals surface area (Å²) in [6.07, 6.45) is 1.83. The lowest BCUT2D eigenvalue weighted by Crippen LogP contribution is -2.47. The number of para-hydroxylation sites is 2. The fourth-order valence-corrected chi connectivity index (χ4v) is 3.58. The predicted molar refractivity (Wildman–Crippen MR) is 118 cm³/mol. The van der Waals surface area contributed by atoms with Crippen molar-refractivity contribution < 1.29 is 23.8 Å². The van der Waals surface area contributed by atoms with Gasteiger partial charge in [-0.1, -0.05) is 24.3 Å². The quantitative estimate of drug-likeness (QED) is 0.667. The summed E-state index contributed by atoms with van der Waals surface area (Å²) >= 11 is 0. The van der Waals surface area contributed by atoms with Crippen LogP contribution in [-0.2, 0) is 16.0 Å². The third-order valence-corrected chi connectivity index (χ3v) is 5.23. The molecule has 0 spiro atoms. The molecule has 1 saturated heterocycles. The molecule has 0 bridgehead atoms. The maximum atomic E-state index is 12.6. The van der Waals surface area contributed by atoms with Gasteiger partial charge in [-0.15, -0.1) is 0 Å². The number of methoxy groups -OCH3 is 1. The van der Waals surface area contributed by atoms with Gasteiger partial charge in [0.05, 0.1) is 20.1 Å². The van der Waals surface area contributed by atoms with E-state index in [9.17, 15) is 9.59 Å². The molecule has 2 amide bonds. The van der Waals surface area contributed by atoms with Crippen LogP contribution >= 0.6 is 0 Å². The molecule has 31 heavy (non-hydrogen) atoms. The number of rotatable bonds is 9. The number of likely N-dealkylation sites (tertiary alicyclic amines) is 1. The minimum Gasteiger partial charge on any atom is -0.494 e. The molecular formula is C24H30N2O5. The fraction of sp³-hybridized carbons (Fsp3) is 0.417. The average molecular weight is 427 g/mol. The van der Waals surface area contributed by atoms with E-state index in [-0.39, 0.29) is 24.5 Å². The second kappa shape index (κ2) is 11.2. The number of amides is 2. The van der Waals surface area contributed by atoms with Crippen LogP contribution in [0.25, 0.3) is 0 Å². The van der Waals surface area contributed by atoms with Crippen molar-refractivity contribution in [2.45, 2.75) is 32.2 Å². The number of ether oxygens (including phenoxy) is 3. The number of nitrogens with zero attached hydrogens (tertiary/aromatic N) is 1. The molecule has 166 valence electrons. The van der Waals surface area contributed by atoms with Crippen molar-refractivity contribution in [2.24, 2.45) is 0 Å². The lowest BCUT2D eigenvalue weighted by atomic mass is 10.0. The maximum Gasteiger partial charge on any atom is 0.258 e. The number of carbonyl (C=O) groups is 2. The zero-order valence-electron chi connectivity index (χ0n) is 18.1. The van der Waals surface area contributed by atoms with Crippen LogP contribution in [0.4, 0.5) is 0 Å². The molecule has 1 aliphatic rings. The van der Waals surface area contributed by atoms with Crippen molar-refractivity contribution in [1.82, 2.24) is 10.2 Å². The predicted octanol–water partition coefficient (Wildman–Crippen LogP) is 2.82. The van der Waals surface area contributed by atoms with Crippen LogP contribution in [0, 0.1) is 0 Å². The molecule has 1 N–H and O–H groups in total. The fourth-order valence-electron chi connectivity index (χ4n) is 3.58. The van der Waals surface area contributed by atoms with Crippen molar-refractivity contribution in [2.75, 3.05) is 33.4 Å². The molecular weight excluding hydrogens is 396 g/mol. The zero-order chi connectivity index (χ0) is 22.1. The monoisotopic (exact) mass is 426 g/mol. The summed E-state index contributed by atoms with van der Waals surface area (Å²) in [5.74, 6) is 1.87. The standard InChI is InChI=1S/C24H30N2O5/c1-3-30-20-10-8-18(9-11-20)16-24(28)26-14-12-19(13-15-26)25-23(27)17-31-22-7-5-4-6-21(22)29-2/h4-11,19H,3,12-17H2,1-2H3,(H,25,27). The Bertz CT molecular complexity index is 861. The van der Waals surface area contributed by atoms with Gasteiger partial charge in [-0.05, 0) is 49.6 Å². The molecule has 2 aromatic carbocycles. The zero-order valence-corrected chi connectivity index (χ0v) is 18.1.